The van der Waals surface area contributed by atoms with Crippen LogP contribution in [-0.2, 0) is 6.18 Å². The van der Waals surface area contributed by atoms with Gasteiger partial charge in [-0.15, -0.1) is 0 Å². The Kier molecular flexibility index (Phi) is 2.78. The van der Waals surface area contributed by atoms with Gasteiger partial charge in [-0.1, -0.05) is 0 Å². The zero-order chi connectivity index (χ0) is 10.8. The molecule has 0 aliphatic rings. The summed E-state index contributed by atoms with van der Waals surface area (Å²) in [6, 6.07) is 0. The highest BCUT2D eigenvalue weighted by atomic mass is 19.4. The number of carbonyl (C=O) groups excluding carboxylic acids is 1. The molecule has 0 spiro atoms. The van der Waals surface area contributed by atoms with E-state index in [1.54, 1.807) is 12.0 Å². The molecule has 0 radical (unpaired) electrons. The number of halogens is 3. The molecule has 0 aromatic carbocycles. The summed E-state index contributed by atoms with van der Waals surface area (Å²) in [5.41, 5.74) is -1.61. The number of hydrogen-bond donors (Lipinski definition) is 2. The van der Waals surface area contributed by atoms with Gasteiger partial charge < -0.3 is 5.32 Å². The molecule has 1 aromatic rings. The van der Waals surface area contributed by atoms with E-state index in [-0.39, 0.29) is 6.54 Å². The monoisotopic (exact) mass is 207 g/mol. The van der Waals surface area contributed by atoms with Crippen molar-refractivity contribution in [3.05, 3.63) is 17.5 Å². The average molecular weight is 207 g/mol. The molecule has 2 N–H and O–H groups in total. The normalized spacial score (nSPS) is 11.4. The third-order valence-corrected chi connectivity index (χ3v) is 1.50. The molecular formula is C7H8F3N3O. The van der Waals surface area contributed by atoms with E-state index in [0.717, 1.165) is 6.20 Å². The van der Waals surface area contributed by atoms with Crippen LogP contribution in [0.15, 0.2) is 6.20 Å². The second kappa shape index (κ2) is 3.69. The van der Waals surface area contributed by atoms with Crippen LogP contribution in [0.4, 0.5) is 13.2 Å². The minimum absolute atomic E-state index is 0.265. The molecule has 0 unspecified atom stereocenters. The first kappa shape index (κ1) is 10.6. The first-order valence-electron chi connectivity index (χ1n) is 3.85. The van der Waals surface area contributed by atoms with Crippen LogP contribution in [0.1, 0.15) is 23.0 Å². The fraction of sp³-hybridized carbons (Fsp3) is 0.429. The lowest BCUT2D eigenvalue weighted by Gasteiger charge is -2.06. The Bertz CT molecular complexity index is 331. The molecular weight excluding hydrogens is 199 g/mol. The van der Waals surface area contributed by atoms with Crippen molar-refractivity contribution in [3.63, 3.8) is 0 Å². The van der Waals surface area contributed by atoms with Gasteiger partial charge in [0.05, 0.1) is 11.8 Å². The molecule has 0 saturated heterocycles. The highest BCUT2D eigenvalue weighted by Gasteiger charge is 2.37. The molecule has 78 valence electrons. The fourth-order valence-electron chi connectivity index (χ4n) is 0.930. The van der Waals surface area contributed by atoms with E-state index in [1.165, 1.54) is 0 Å². The summed E-state index contributed by atoms with van der Waals surface area (Å²) in [6.45, 7) is 1.88. The van der Waals surface area contributed by atoms with Crippen LogP contribution < -0.4 is 5.32 Å². The topological polar surface area (TPSA) is 57.8 Å². The summed E-state index contributed by atoms with van der Waals surface area (Å²) >= 11 is 0. The van der Waals surface area contributed by atoms with E-state index in [0.29, 0.717) is 0 Å². The van der Waals surface area contributed by atoms with Crippen molar-refractivity contribution in [2.45, 2.75) is 13.1 Å². The maximum Gasteiger partial charge on any atom is 0.433 e. The van der Waals surface area contributed by atoms with Crippen LogP contribution in [0.3, 0.4) is 0 Å². The third kappa shape index (κ3) is 2.04. The number of aromatic amines is 1. The number of H-pyrrole nitrogens is 1. The molecule has 0 fully saturated rings. The third-order valence-electron chi connectivity index (χ3n) is 1.50. The van der Waals surface area contributed by atoms with Crippen LogP contribution in [0, 0.1) is 0 Å². The van der Waals surface area contributed by atoms with Gasteiger partial charge in [0.25, 0.3) is 5.91 Å². The zero-order valence-electron chi connectivity index (χ0n) is 7.27. The quantitative estimate of drug-likeness (QED) is 0.764. The van der Waals surface area contributed by atoms with Gasteiger partial charge in [-0.2, -0.15) is 18.3 Å². The number of alkyl halides is 3. The van der Waals surface area contributed by atoms with E-state index < -0.39 is 23.3 Å². The summed E-state index contributed by atoms with van der Waals surface area (Å²) in [5, 5.41) is 7.20. The van der Waals surface area contributed by atoms with E-state index in [9.17, 15) is 18.0 Å². The van der Waals surface area contributed by atoms with Crippen LogP contribution >= 0.6 is 0 Å². The van der Waals surface area contributed by atoms with Gasteiger partial charge in [0, 0.05) is 6.54 Å². The van der Waals surface area contributed by atoms with Gasteiger partial charge in [0.2, 0.25) is 0 Å². The van der Waals surface area contributed by atoms with Gasteiger partial charge >= 0.3 is 6.18 Å². The molecule has 0 aliphatic carbocycles. The number of carbonyl (C=O) groups is 1. The molecule has 1 heterocycles. The number of rotatable bonds is 2. The van der Waals surface area contributed by atoms with Crippen LogP contribution in [0.2, 0.25) is 0 Å². The highest BCUT2D eigenvalue weighted by Crippen LogP contribution is 2.29. The van der Waals surface area contributed by atoms with E-state index in [2.05, 4.69) is 10.4 Å². The Hall–Kier alpha value is -1.53. The van der Waals surface area contributed by atoms with Crippen molar-refractivity contribution in [1.82, 2.24) is 15.5 Å². The van der Waals surface area contributed by atoms with Crippen molar-refractivity contribution >= 4 is 5.91 Å². The number of nitrogens with one attached hydrogen (secondary N) is 2. The molecule has 1 rings (SSSR count). The molecule has 0 atom stereocenters. The van der Waals surface area contributed by atoms with Gasteiger partial charge in [0.1, 0.15) is 0 Å². The molecule has 0 aliphatic heterocycles. The molecule has 1 aromatic heterocycles. The van der Waals surface area contributed by atoms with Crippen molar-refractivity contribution in [3.8, 4) is 0 Å². The van der Waals surface area contributed by atoms with Crippen LogP contribution in [-0.4, -0.2) is 22.6 Å². The number of aromatic nitrogens is 2. The first-order valence-corrected chi connectivity index (χ1v) is 3.85. The Morgan fingerprint density at radius 1 is 1.64 bits per heavy atom. The van der Waals surface area contributed by atoms with Gasteiger partial charge in [-0.05, 0) is 6.92 Å². The van der Waals surface area contributed by atoms with Crippen molar-refractivity contribution in [2.24, 2.45) is 0 Å². The summed E-state index contributed by atoms with van der Waals surface area (Å²) in [5.74, 6) is -0.784. The first-order chi connectivity index (χ1) is 6.46. The minimum Gasteiger partial charge on any atom is -0.352 e. The zero-order valence-corrected chi connectivity index (χ0v) is 7.27. The van der Waals surface area contributed by atoms with Crippen molar-refractivity contribution < 1.29 is 18.0 Å². The molecule has 14 heavy (non-hydrogen) atoms. The van der Waals surface area contributed by atoms with Crippen molar-refractivity contribution in [1.29, 1.82) is 0 Å². The van der Waals surface area contributed by atoms with E-state index in [4.69, 9.17) is 0 Å². The SMILES string of the molecule is CCNC(=O)c1cn[nH]c1C(F)(F)F. The predicted octanol–water partition coefficient (Wildman–Crippen LogP) is 1.18. The lowest BCUT2D eigenvalue weighted by Crippen LogP contribution is -2.25. The van der Waals surface area contributed by atoms with Gasteiger partial charge in [0.15, 0.2) is 5.69 Å². The smallest absolute Gasteiger partial charge is 0.352 e. The maximum absolute atomic E-state index is 12.2. The summed E-state index contributed by atoms with van der Waals surface area (Å²) in [6.07, 6.45) is -3.73. The Balaban J connectivity index is 2.99. The van der Waals surface area contributed by atoms with Gasteiger partial charge in [-0.3, -0.25) is 9.89 Å². The van der Waals surface area contributed by atoms with Crippen LogP contribution in [0.25, 0.3) is 0 Å². The number of nitrogens with zero attached hydrogens (tertiary/aromatic N) is 1. The summed E-state index contributed by atoms with van der Waals surface area (Å²) in [4.78, 5) is 11.1. The average Bonchev–Trinajstić information content (AvgIpc) is 2.50. The Morgan fingerprint density at radius 2 is 2.29 bits per heavy atom. The fourth-order valence-corrected chi connectivity index (χ4v) is 0.930. The molecule has 0 saturated carbocycles. The minimum atomic E-state index is -4.59. The molecule has 0 bridgehead atoms. The largest absolute Gasteiger partial charge is 0.433 e. The standard InChI is InChI=1S/C7H8F3N3O/c1-2-11-6(14)4-3-12-13-5(4)7(8,9)10/h3H,2H2,1H3,(H,11,14)(H,12,13). The van der Waals surface area contributed by atoms with E-state index >= 15 is 0 Å². The lowest BCUT2D eigenvalue weighted by molar-refractivity contribution is -0.141. The second-order valence-electron chi connectivity index (χ2n) is 2.52. The van der Waals surface area contributed by atoms with Crippen molar-refractivity contribution in [2.75, 3.05) is 6.54 Å². The molecule has 7 heteroatoms. The number of hydrogen-bond acceptors (Lipinski definition) is 2. The van der Waals surface area contributed by atoms with Crippen LogP contribution in [0.5, 0.6) is 0 Å². The lowest BCUT2D eigenvalue weighted by atomic mass is 10.2. The number of amides is 1. The summed E-state index contributed by atoms with van der Waals surface area (Å²) in [7, 11) is 0. The second-order valence-corrected chi connectivity index (χ2v) is 2.52. The highest BCUT2D eigenvalue weighted by molar-refractivity contribution is 5.95. The molecule has 4 nitrogen and oxygen atoms in total. The Labute approximate surface area is 77.5 Å². The summed E-state index contributed by atoms with van der Waals surface area (Å²) < 4.78 is 36.7. The van der Waals surface area contributed by atoms with E-state index in [1.807, 2.05) is 0 Å². The Morgan fingerprint density at radius 3 is 2.79 bits per heavy atom. The predicted molar refractivity (Wildman–Crippen MR) is 41.6 cm³/mol. The van der Waals surface area contributed by atoms with Gasteiger partial charge in [-0.25, -0.2) is 0 Å². The molecule has 1 amide bonds. The maximum atomic E-state index is 12.2.